The van der Waals surface area contributed by atoms with Gasteiger partial charge in [-0.05, 0) is 40.8 Å². The lowest BCUT2D eigenvalue weighted by molar-refractivity contribution is -0.151. The first-order valence-electron chi connectivity index (χ1n) is 7.18. The highest BCUT2D eigenvalue weighted by Gasteiger charge is 2.33. The first-order chi connectivity index (χ1) is 9.00. The number of hydrogen-bond donors (Lipinski definition) is 1. The summed E-state index contributed by atoms with van der Waals surface area (Å²) >= 11 is 0. The minimum atomic E-state index is -0.607. The summed E-state index contributed by atoms with van der Waals surface area (Å²) in [4.78, 5) is 14.2. The second kappa shape index (κ2) is 10.2. The van der Waals surface area contributed by atoms with Crippen molar-refractivity contribution in [2.75, 3.05) is 46.5 Å². The molecule has 0 aromatic heterocycles. The second-order valence-electron chi connectivity index (χ2n) is 4.83. The average Bonchev–Trinajstić information content (AvgIpc) is 2.37. The Balaban J connectivity index is 4.22. The molecule has 0 aromatic carbocycles. The van der Waals surface area contributed by atoms with Gasteiger partial charge in [0.05, 0.1) is 13.2 Å². The van der Waals surface area contributed by atoms with Crippen LogP contribution in [0.4, 0.5) is 0 Å². The zero-order valence-corrected chi connectivity index (χ0v) is 13.1. The molecule has 1 atom stereocenters. The van der Waals surface area contributed by atoms with Crippen LogP contribution in [0.3, 0.4) is 0 Å². The van der Waals surface area contributed by atoms with Gasteiger partial charge in [-0.1, -0.05) is 6.92 Å². The normalized spacial score (nSPS) is 14.4. The summed E-state index contributed by atoms with van der Waals surface area (Å²) in [5, 5.41) is 3.23. The molecule has 114 valence electrons. The van der Waals surface area contributed by atoms with Crippen LogP contribution in [0.5, 0.6) is 0 Å². The van der Waals surface area contributed by atoms with Crippen molar-refractivity contribution >= 4 is 5.97 Å². The maximum atomic E-state index is 12.0. The van der Waals surface area contributed by atoms with E-state index in [-0.39, 0.29) is 5.97 Å². The van der Waals surface area contributed by atoms with Crippen LogP contribution in [0.1, 0.15) is 34.1 Å². The SMILES string of the molecule is CCNC(C)(CCN(C)CCOCC)C(=O)OCC. The van der Waals surface area contributed by atoms with Crippen molar-refractivity contribution in [3.63, 3.8) is 0 Å². The number of nitrogens with one attached hydrogen (secondary N) is 1. The number of carbonyl (C=O) groups is 1. The molecule has 0 fully saturated rings. The molecule has 0 aromatic rings. The van der Waals surface area contributed by atoms with Gasteiger partial charge in [0, 0.05) is 19.7 Å². The van der Waals surface area contributed by atoms with Crippen molar-refractivity contribution in [1.29, 1.82) is 0 Å². The summed E-state index contributed by atoms with van der Waals surface area (Å²) < 4.78 is 10.5. The molecule has 0 heterocycles. The van der Waals surface area contributed by atoms with E-state index < -0.39 is 5.54 Å². The largest absolute Gasteiger partial charge is 0.465 e. The van der Waals surface area contributed by atoms with Crippen LogP contribution < -0.4 is 5.32 Å². The minimum Gasteiger partial charge on any atom is -0.465 e. The Kier molecular flexibility index (Phi) is 9.83. The molecule has 0 saturated carbocycles. The Morgan fingerprint density at radius 2 is 1.89 bits per heavy atom. The van der Waals surface area contributed by atoms with E-state index in [1.165, 1.54) is 0 Å². The van der Waals surface area contributed by atoms with Gasteiger partial charge >= 0.3 is 5.97 Å². The molecule has 5 heteroatoms. The first kappa shape index (κ1) is 18.4. The number of likely N-dealkylation sites (N-methyl/N-ethyl adjacent to an activating group) is 2. The van der Waals surface area contributed by atoms with Crippen LogP contribution in [0, 0.1) is 0 Å². The molecule has 0 spiro atoms. The van der Waals surface area contributed by atoms with Crippen LogP contribution in [-0.4, -0.2) is 62.9 Å². The van der Waals surface area contributed by atoms with Crippen LogP contribution in [-0.2, 0) is 14.3 Å². The van der Waals surface area contributed by atoms with E-state index in [0.717, 1.165) is 39.3 Å². The average molecular weight is 274 g/mol. The molecular weight excluding hydrogens is 244 g/mol. The lowest BCUT2D eigenvalue weighted by Crippen LogP contribution is -2.52. The Morgan fingerprint density at radius 1 is 1.21 bits per heavy atom. The molecule has 0 aliphatic carbocycles. The van der Waals surface area contributed by atoms with Crippen molar-refractivity contribution in [2.45, 2.75) is 39.7 Å². The highest BCUT2D eigenvalue weighted by molar-refractivity contribution is 5.80. The Morgan fingerprint density at radius 3 is 2.42 bits per heavy atom. The van der Waals surface area contributed by atoms with Gasteiger partial charge < -0.3 is 19.7 Å². The third kappa shape index (κ3) is 7.50. The third-order valence-corrected chi connectivity index (χ3v) is 3.11. The Bertz CT molecular complexity index is 249. The fourth-order valence-electron chi connectivity index (χ4n) is 1.83. The summed E-state index contributed by atoms with van der Waals surface area (Å²) in [5.41, 5.74) is -0.607. The highest BCUT2D eigenvalue weighted by Crippen LogP contribution is 2.13. The summed E-state index contributed by atoms with van der Waals surface area (Å²) in [6.07, 6.45) is 0.725. The van der Waals surface area contributed by atoms with Gasteiger partial charge in [0.1, 0.15) is 5.54 Å². The standard InChI is InChI=1S/C14H30N2O3/c1-6-15-14(4,13(17)19-8-3)9-10-16(5)11-12-18-7-2/h15H,6-12H2,1-5H3. The zero-order chi connectivity index (χ0) is 14.7. The summed E-state index contributed by atoms with van der Waals surface area (Å²) in [5.74, 6) is -0.171. The van der Waals surface area contributed by atoms with E-state index in [1.807, 2.05) is 34.7 Å². The molecule has 5 nitrogen and oxygen atoms in total. The summed E-state index contributed by atoms with van der Waals surface area (Å²) in [7, 11) is 2.04. The van der Waals surface area contributed by atoms with E-state index in [9.17, 15) is 4.79 Å². The van der Waals surface area contributed by atoms with Crippen LogP contribution >= 0.6 is 0 Å². The van der Waals surface area contributed by atoms with Crippen molar-refractivity contribution < 1.29 is 14.3 Å². The third-order valence-electron chi connectivity index (χ3n) is 3.11. The fourth-order valence-corrected chi connectivity index (χ4v) is 1.83. The van der Waals surface area contributed by atoms with E-state index in [2.05, 4.69) is 10.2 Å². The lowest BCUT2D eigenvalue weighted by atomic mass is 9.97. The van der Waals surface area contributed by atoms with Gasteiger partial charge in [0.25, 0.3) is 0 Å². The number of ether oxygens (including phenoxy) is 2. The molecule has 0 aliphatic rings. The summed E-state index contributed by atoms with van der Waals surface area (Å²) in [6.45, 7) is 12.1. The van der Waals surface area contributed by atoms with Crippen LogP contribution in [0.25, 0.3) is 0 Å². The highest BCUT2D eigenvalue weighted by atomic mass is 16.5. The molecular formula is C14H30N2O3. The summed E-state index contributed by atoms with van der Waals surface area (Å²) in [6, 6.07) is 0. The molecule has 0 radical (unpaired) electrons. The quantitative estimate of drug-likeness (QED) is 0.454. The van der Waals surface area contributed by atoms with Crippen LogP contribution in [0.15, 0.2) is 0 Å². The molecule has 1 N–H and O–H groups in total. The van der Waals surface area contributed by atoms with Gasteiger partial charge in [0.15, 0.2) is 0 Å². The van der Waals surface area contributed by atoms with Gasteiger partial charge in [0.2, 0.25) is 0 Å². The Hall–Kier alpha value is -0.650. The van der Waals surface area contributed by atoms with E-state index >= 15 is 0 Å². The number of nitrogens with zero attached hydrogens (tertiary/aromatic N) is 1. The molecule has 19 heavy (non-hydrogen) atoms. The topological polar surface area (TPSA) is 50.8 Å². The first-order valence-corrected chi connectivity index (χ1v) is 7.18. The zero-order valence-electron chi connectivity index (χ0n) is 13.1. The molecule has 0 aliphatic heterocycles. The number of hydrogen-bond acceptors (Lipinski definition) is 5. The lowest BCUT2D eigenvalue weighted by Gasteiger charge is -2.30. The van der Waals surface area contributed by atoms with Crippen molar-refractivity contribution in [1.82, 2.24) is 10.2 Å². The molecule has 0 bridgehead atoms. The maximum absolute atomic E-state index is 12.0. The Labute approximate surface area is 117 Å². The van der Waals surface area contributed by atoms with Crippen LogP contribution in [0.2, 0.25) is 0 Å². The molecule has 0 amide bonds. The number of esters is 1. The minimum absolute atomic E-state index is 0.171. The van der Waals surface area contributed by atoms with Crippen molar-refractivity contribution in [2.24, 2.45) is 0 Å². The predicted octanol–water partition coefficient (Wildman–Crippen LogP) is 1.28. The van der Waals surface area contributed by atoms with E-state index in [1.54, 1.807) is 0 Å². The number of carbonyl (C=O) groups excluding carboxylic acids is 1. The monoisotopic (exact) mass is 274 g/mol. The van der Waals surface area contributed by atoms with E-state index in [0.29, 0.717) is 6.61 Å². The van der Waals surface area contributed by atoms with Gasteiger partial charge in [-0.2, -0.15) is 0 Å². The molecule has 0 saturated heterocycles. The maximum Gasteiger partial charge on any atom is 0.326 e. The predicted molar refractivity (Wildman–Crippen MR) is 77.3 cm³/mol. The smallest absolute Gasteiger partial charge is 0.326 e. The van der Waals surface area contributed by atoms with Gasteiger partial charge in [-0.3, -0.25) is 4.79 Å². The number of rotatable bonds is 11. The van der Waals surface area contributed by atoms with Crippen molar-refractivity contribution in [3.05, 3.63) is 0 Å². The van der Waals surface area contributed by atoms with Crippen molar-refractivity contribution in [3.8, 4) is 0 Å². The fraction of sp³-hybridized carbons (Fsp3) is 0.929. The van der Waals surface area contributed by atoms with Gasteiger partial charge in [-0.15, -0.1) is 0 Å². The molecule has 0 rings (SSSR count). The molecule has 1 unspecified atom stereocenters. The second-order valence-corrected chi connectivity index (χ2v) is 4.83. The van der Waals surface area contributed by atoms with E-state index in [4.69, 9.17) is 9.47 Å². The van der Waals surface area contributed by atoms with Gasteiger partial charge in [-0.25, -0.2) is 0 Å².